The van der Waals surface area contributed by atoms with Crippen LogP contribution >= 0.6 is 24.8 Å². The first-order valence-corrected chi connectivity index (χ1v) is 9.84. The van der Waals surface area contributed by atoms with Crippen LogP contribution in [0, 0.1) is 0 Å². The third kappa shape index (κ3) is 11.0. The van der Waals surface area contributed by atoms with Gasteiger partial charge < -0.3 is 22.5 Å². The lowest BCUT2D eigenvalue weighted by Gasteiger charge is -2.07. The molecule has 0 aliphatic heterocycles. The molecule has 0 fully saturated rings. The number of halogens is 2. The van der Waals surface area contributed by atoms with Crippen LogP contribution in [0.15, 0.2) is 53.5 Å². The van der Waals surface area contributed by atoms with Crippen LogP contribution in [0.25, 0.3) is 0 Å². The van der Waals surface area contributed by atoms with Gasteiger partial charge in [-0.15, -0.1) is 24.8 Å². The number of unbranched alkanes of at least 4 members (excludes halogenated alkanes) is 4. The lowest BCUT2D eigenvalue weighted by atomic mass is 10.0. The van der Waals surface area contributed by atoms with Gasteiger partial charge >= 0.3 is 0 Å². The standard InChI is InChI=1S/C22H31N5O.2ClH/c23-15-5-3-1-2-4-6-21(28)26-19-11-7-17(8-12-19)16-18-9-13-20(14-10-18)27-22(24)25;;/h7-14H,1-6,15-16,23H2,(H,26,28)(H4,24,25,27);2*1H. The summed E-state index contributed by atoms with van der Waals surface area (Å²) in [6.07, 6.45) is 6.73. The average Bonchev–Trinajstić information content (AvgIpc) is 2.67. The third-order valence-corrected chi connectivity index (χ3v) is 4.45. The Morgan fingerprint density at radius 2 is 1.33 bits per heavy atom. The van der Waals surface area contributed by atoms with Crippen molar-refractivity contribution >= 4 is 48.1 Å². The highest BCUT2D eigenvalue weighted by molar-refractivity contribution is 5.90. The topological polar surface area (TPSA) is 120 Å². The molecule has 8 heteroatoms. The Bertz CT molecular complexity index is 760. The number of amides is 1. The number of benzene rings is 2. The number of anilines is 1. The van der Waals surface area contributed by atoms with Gasteiger partial charge in [0.2, 0.25) is 5.91 Å². The van der Waals surface area contributed by atoms with E-state index in [0.717, 1.165) is 56.4 Å². The quantitative estimate of drug-likeness (QED) is 0.230. The molecule has 1 amide bonds. The fourth-order valence-electron chi connectivity index (χ4n) is 2.96. The predicted molar refractivity (Wildman–Crippen MR) is 131 cm³/mol. The van der Waals surface area contributed by atoms with Crippen LogP contribution in [0.5, 0.6) is 0 Å². The molecule has 0 aliphatic rings. The molecule has 2 rings (SSSR count). The normalized spacial score (nSPS) is 9.77. The fourth-order valence-corrected chi connectivity index (χ4v) is 2.96. The number of carbonyl (C=O) groups is 1. The second kappa shape index (κ2) is 15.5. The van der Waals surface area contributed by atoms with Gasteiger partial charge in [-0.25, -0.2) is 4.99 Å². The van der Waals surface area contributed by atoms with Gasteiger partial charge in [0, 0.05) is 12.1 Å². The molecule has 0 bridgehead atoms. The van der Waals surface area contributed by atoms with E-state index < -0.39 is 0 Å². The molecular formula is C22H33Cl2N5O. The highest BCUT2D eigenvalue weighted by Gasteiger charge is 2.03. The summed E-state index contributed by atoms with van der Waals surface area (Å²) >= 11 is 0. The van der Waals surface area contributed by atoms with Crippen LogP contribution in [0.1, 0.15) is 49.7 Å². The molecule has 2 aromatic carbocycles. The van der Waals surface area contributed by atoms with E-state index in [1.54, 1.807) is 0 Å². The van der Waals surface area contributed by atoms with E-state index in [-0.39, 0.29) is 36.7 Å². The van der Waals surface area contributed by atoms with Gasteiger partial charge in [0.25, 0.3) is 0 Å². The van der Waals surface area contributed by atoms with Crippen molar-refractivity contribution in [2.75, 3.05) is 11.9 Å². The van der Waals surface area contributed by atoms with Gasteiger partial charge in [0.1, 0.15) is 0 Å². The smallest absolute Gasteiger partial charge is 0.224 e. The van der Waals surface area contributed by atoms with E-state index >= 15 is 0 Å². The van der Waals surface area contributed by atoms with Crippen molar-refractivity contribution in [2.24, 2.45) is 22.2 Å². The number of carbonyl (C=O) groups excluding carboxylic acids is 1. The Hall–Kier alpha value is -2.28. The summed E-state index contributed by atoms with van der Waals surface area (Å²) in [6, 6.07) is 15.7. The van der Waals surface area contributed by atoms with Crippen molar-refractivity contribution in [1.29, 1.82) is 0 Å². The Morgan fingerprint density at radius 1 is 0.800 bits per heavy atom. The second-order valence-electron chi connectivity index (χ2n) is 6.93. The molecule has 6 nitrogen and oxygen atoms in total. The first kappa shape index (κ1) is 27.7. The molecule has 0 heterocycles. The van der Waals surface area contributed by atoms with Crippen molar-refractivity contribution in [3.63, 3.8) is 0 Å². The largest absolute Gasteiger partial charge is 0.370 e. The van der Waals surface area contributed by atoms with Crippen LogP contribution in [0.4, 0.5) is 11.4 Å². The van der Waals surface area contributed by atoms with E-state index in [9.17, 15) is 4.79 Å². The number of aliphatic imine (C=N–C) groups is 1. The molecule has 0 radical (unpaired) electrons. The molecule has 0 saturated carbocycles. The van der Waals surface area contributed by atoms with Gasteiger partial charge in [-0.3, -0.25) is 4.79 Å². The zero-order valence-electron chi connectivity index (χ0n) is 17.2. The Balaban J connectivity index is 0.00000420. The van der Waals surface area contributed by atoms with E-state index in [1.165, 1.54) is 11.1 Å². The van der Waals surface area contributed by atoms with Crippen LogP contribution in [0.2, 0.25) is 0 Å². The highest BCUT2D eigenvalue weighted by Crippen LogP contribution is 2.17. The van der Waals surface area contributed by atoms with E-state index in [1.807, 2.05) is 48.5 Å². The Labute approximate surface area is 191 Å². The summed E-state index contributed by atoms with van der Waals surface area (Å²) in [7, 11) is 0. The molecule has 2 aromatic rings. The van der Waals surface area contributed by atoms with Crippen molar-refractivity contribution in [1.82, 2.24) is 0 Å². The van der Waals surface area contributed by atoms with Gasteiger partial charge in [0.15, 0.2) is 5.96 Å². The summed E-state index contributed by atoms with van der Waals surface area (Å²) in [6.45, 7) is 0.750. The first-order chi connectivity index (χ1) is 13.6. The first-order valence-electron chi connectivity index (χ1n) is 9.84. The minimum atomic E-state index is 0. The minimum absolute atomic E-state index is 0. The van der Waals surface area contributed by atoms with Gasteiger partial charge in [-0.2, -0.15) is 0 Å². The van der Waals surface area contributed by atoms with Crippen molar-refractivity contribution in [3.05, 3.63) is 59.7 Å². The number of nitrogens with one attached hydrogen (secondary N) is 1. The van der Waals surface area contributed by atoms with Crippen LogP contribution < -0.4 is 22.5 Å². The van der Waals surface area contributed by atoms with E-state index in [0.29, 0.717) is 6.42 Å². The second-order valence-corrected chi connectivity index (χ2v) is 6.93. The summed E-state index contributed by atoms with van der Waals surface area (Å²) < 4.78 is 0. The molecule has 0 aliphatic carbocycles. The number of rotatable bonds is 11. The SMILES string of the molecule is Cl.Cl.NCCCCCCCC(=O)Nc1ccc(Cc2ccc(N=C(N)N)cc2)cc1. The van der Waals surface area contributed by atoms with Crippen LogP contribution in [-0.2, 0) is 11.2 Å². The molecule has 30 heavy (non-hydrogen) atoms. The molecule has 7 N–H and O–H groups in total. The summed E-state index contributed by atoms with van der Waals surface area (Å²) in [5.41, 5.74) is 20.1. The highest BCUT2D eigenvalue weighted by atomic mass is 35.5. The number of hydrogen-bond donors (Lipinski definition) is 4. The Kier molecular flexibility index (Phi) is 14.4. The number of hydrogen-bond acceptors (Lipinski definition) is 3. The average molecular weight is 454 g/mol. The van der Waals surface area contributed by atoms with Crippen molar-refractivity contribution < 1.29 is 4.79 Å². The monoisotopic (exact) mass is 453 g/mol. The maximum Gasteiger partial charge on any atom is 0.224 e. The Morgan fingerprint density at radius 3 is 1.90 bits per heavy atom. The van der Waals surface area contributed by atoms with Gasteiger partial charge in [0.05, 0.1) is 5.69 Å². The molecule has 0 unspecified atom stereocenters. The molecule has 0 atom stereocenters. The lowest BCUT2D eigenvalue weighted by molar-refractivity contribution is -0.116. The molecular weight excluding hydrogens is 421 g/mol. The summed E-state index contributed by atoms with van der Waals surface area (Å²) in [5, 5.41) is 2.96. The predicted octanol–water partition coefficient (Wildman–Crippen LogP) is 4.26. The maximum absolute atomic E-state index is 12.0. The molecule has 0 saturated heterocycles. The molecule has 0 aromatic heterocycles. The van der Waals surface area contributed by atoms with Crippen LogP contribution in [-0.4, -0.2) is 18.4 Å². The molecule has 0 spiro atoms. The van der Waals surface area contributed by atoms with E-state index in [4.69, 9.17) is 17.2 Å². The lowest BCUT2D eigenvalue weighted by Crippen LogP contribution is -2.21. The number of guanidine groups is 1. The minimum Gasteiger partial charge on any atom is -0.370 e. The fraction of sp³-hybridized carbons (Fsp3) is 0.364. The third-order valence-electron chi connectivity index (χ3n) is 4.45. The molecule has 166 valence electrons. The zero-order valence-corrected chi connectivity index (χ0v) is 18.8. The van der Waals surface area contributed by atoms with Crippen LogP contribution in [0.3, 0.4) is 0 Å². The number of nitrogens with zero attached hydrogens (tertiary/aromatic N) is 1. The zero-order chi connectivity index (χ0) is 20.2. The number of nitrogens with two attached hydrogens (primary N) is 3. The van der Waals surface area contributed by atoms with Crippen molar-refractivity contribution in [2.45, 2.75) is 44.9 Å². The van der Waals surface area contributed by atoms with E-state index in [2.05, 4.69) is 10.3 Å². The summed E-state index contributed by atoms with van der Waals surface area (Å²) in [4.78, 5) is 16.0. The maximum atomic E-state index is 12.0. The van der Waals surface area contributed by atoms with Gasteiger partial charge in [-0.05, 0) is 61.2 Å². The van der Waals surface area contributed by atoms with Crippen molar-refractivity contribution in [3.8, 4) is 0 Å². The summed E-state index contributed by atoms with van der Waals surface area (Å²) in [5.74, 6) is 0.124. The van der Waals surface area contributed by atoms with Gasteiger partial charge in [-0.1, -0.05) is 43.5 Å².